The summed E-state index contributed by atoms with van der Waals surface area (Å²) in [6.45, 7) is 2.48. The van der Waals surface area contributed by atoms with Crippen LogP contribution >= 0.6 is 11.6 Å². The van der Waals surface area contributed by atoms with E-state index in [4.69, 9.17) is 21.1 Å². The number of amides is 1. The molecular formula is C21H20ClN3O3. The summed E-state index contributed by atoms with van der Waals surface area (Å²) in [6, 6.07) is 13.1. The zero-order chi connectivity index (χ0) is 19.7. The molecule has 3 aromatic rings. The van der Waals surface area contributed by atoms with Crippen molar-refractivity contribution in [2.75, 3.05) is 19.0 Å². The summed E-state index contributed by atoms with van der Waals surface area (Å²) in [5.41, 5.74) is 2.71. The van der Waals surface area contributed by atoms with Gasteiger partial charge in [-0.1, -0.05) is 23.7 Å². The Labute approximate surface area is 168 Å². The van der Waals surface area contributed by atoms with Crippen molar-refractivity contribution in [3.8, 4) is 17.2 Å². The van der Waals surface area contributed by atoms with E-state index in [0.717, 1.165) is 16.8 Å². The fourth-order valence-electron chi connectivity index (χ4n) is 3.50. The quantitative estimate of drug-likeness (QED) is 0.692. The van der Waals surface area contributed by atoms with E-state index in [1.807, 2.05) is 43.3 Å². The summed E-state index contributed by atoms with van der Waals surface area (Å²) in [6.07, 6.45) is 2.13. The average Bonchev–Trinajstić information content (AvgIpc) is 3.11. The summed E-state index contributed by atoms with van der Waals surface area (Å²) in [4.78, 5) is 12.4. The summed E-state index contributed by atoms with van der Waals surface area (Å²) in [5, 5.41) is 8.05. The largest absolute Gasteiger partial charge is 0.493 e. The van der Waals surface area contributed by atoms with Crippen LogP contribution in [0.15, 0.2) is 48.7 Å². The SMILES string of the molecule is CCOc1ccc(C2CC(=O)Nc3c2cnn3-c2cccc(Cl)c2)cc1OC. The molecule has 2 heterocycles. The maximum absolute atomic E-state index is 12.4. The lowest BCUT2D eigenvalue weighted by Crippen LogP contribution is -2.24. The number of hydrogen-bond donors (Lipinski definition) is 1. The number of fused-ring (bicyclic) bond motifs is 1. The van der Waals surface area contributed by atoms with E-state index in [9.17, 15) is 4.79 Å². The van der Waals surface area contributed by atoms with E-state index < -0.39 is 0 Å². The van der Waals surface area contributed by atoms with Crippen LogP contribution < -0.4 is 14.8 Å². The van der Waals surface area contributed by atoms with Gasteiger partial charge >= 0.3 is 0 Å². The van der Waals surface area contributed by atoms with E-state index >= 15 is 0 Å². The van der Waals surface area contributed by atoms with Crippen LogP contribution in [-0.4, -0.2) is 29.4 Å². The van der Waals surface area contributed by atoms with Gasteiger partial charge in [0, 0.05) is 22.9 Å². The van der Waals surface area contributed by atoms with Gasteiger partial charge in [0.05, 0.1) is 25.6 Å². The molecule has 0 fully saturated rings. The van der Waals surface area contributed by atoms with Crippen LogP contribution in [0.2, 0.25) is 5.02 Å². The zero-order valence-corrected chi connectivity index (χ0v) is 16.4. The Morgan fingerprint density at radius 3 is 2.86 bits per heavy atom. The van der Waals surface area contributed by atoms with Crippen LogP contribution in [0.3, 0.4) is 0 Å². The fourth-order valence-corrected chi connectivity index (χ4v) is 3.68. The molecule has 28 heavy (non-hydrogen) atoms. The Kier molecular flexibility index (Phi) is 4.96. The van der Waals surface area contributed by atoms with Gasteiger partial charge in [0.15, 0.2) is 11.5 Å². The Morgan fingerprint density at radius 2 is 2.11 bits per heavy atom. The van der Waals surface area contributed by atoms with Crippen LogP contribution in [0.25, 0.3) is 5.69 Å². The first-order chi connectivity index (χ1) is 13.6. The van der Waals surface area contributed by atoms with Crippen molar-refractivity contribution in [3.63, 3.8) is 0 Å². The highest BCUT2D eigenvalue weighted by Crippen LogP contribution is 2.40. The predicted molar refractivity (Wildman–Crippen MR) is 108 cm³/mol. The molecule has 1 N–H and O–H groups in total. The molecule has 6 nitrogen and oxygen atoms in total. The molecule has 0 bridgehead atoms. The van der Waals surface area contributed by atoms with Gasteiger partial charge in [0.2, 0.25) is 5.91 Å². The number of nitrogens with zero attached hydrogens (tertiary/aromatic N) is 2. The van der Waals surface area contributed by atoms with Crippen molar-refractivity contribution in [1.29, 1.82) is 0 Å². The van der Waals surface area contributed by atoms with Crippen LogP contribution in [-0.2, 0) is 4.79 Å². The Morgan fingerprint density at radius 1 is 1.25 bits per heavy atom. The first kappa shape index (κ1) is 18.4. The molecule has 2 aromatic carbocycles. The highest BCUT2D eigenvalue weighted by Gasteiger charge is 2.31. The molecule has 0 spiro atoms. The van der Waals surface area contributed by atoms with Gasteiger partial charge in [0.25, 0.3) is 0 Å². The first-order valence-electron chi connectivity index (χ1n) is 9.05. The zero-order valence-electron chi connectivity index (χ0n) is 15.6. The second-order valence-electron chi connectivity index (χ2n) is 6.49. The lowest BCUT2D eigenvalue weighted by atomic mass is 9.87. The number of carbonyl (C=O) groups excluding carboxylic acids is 1. The monoisotopic (exact) mass is 397 g/mol. The number of hydrogen-bond acceptors (Lipinski definition) is 4. The smallest absolute Gasteiger partial charge is 0.226 e. The van der Waals surface area contributed by atoms with E-state index in [2.05, 4.69) is 10.4 Å². The lowest BCUT2D eigenvalue weighted by molar-refractivity contribution is -0.116. The van der Waals surface area contributed by atoms with Crippen molar-refractivity contribution in [2.45, 2.75) is 19.3 Å². The molecule has 7 heteroatoms. The van der Waals surface area contributed by atoms with Gasteiger partial charge in [0.1, 0.15) is 5.82 Å². The molecule has 1 unspecified atom stereocenters. The Hall–Kier alpha value is -2.99. The first-order valence-corrected chi connectivity index (χ1v) is 9.43. The minimum absolute atomic E-state index is 0.0610. The van der Waals surface area contributed by atoms with Crippen LogP contribution in [0, 0.1) is 0 Å². The average molecular weight is 398 g/mol. The van der Waals surface area contributed by atoms with Crippen LogP contribution in [0.4, 0.5) is 5.82 Å². The molecular weight excluding hydrogens is 378 g/mol. The molecule has 1 aliphatic heterocycles. The molecule has 1 aliphatic rings. The second-order valence-corrected chi connectivity index (χ2v) is 6.92. The minimum Gasteiger partial charge on any atom is -0.493 e. The number of anilines is 1. The number of carbonyl (C=O) groups is 1. The second kappa shape index (κ2) is 7.56. The molecule has 144 valence electrons. The standard InChI is InChI=1S/C21H20ClN3O3/c1-3-28-18-8-7-13(9-19(18)27-2)16-11-20(26)24-21-17(16)12-23-25(21)15-6-4-5-14(22)10-15/h4-10,12,16H,3,11H2,1-2H3,(H,24,26). The van der Waals surface area contributed by atoms with Gasteiger partial charge in [-0.05, 0) is 42.8 Å². The van der Waals surface area contributed by atoms with E-state index in [1.54, 1.807) is 24.1 Å². The summed E-state index contributed by atoms with van der Waals surface area (Å²) in [7, 11) is 1.61. The summed E-state index contributed by atoms with van der Waals surface area (Å²) in [5.74, 6) is 1.81. The van der Waals surface area contributed by atoms with Gasteiger partial charge in [-0.3, -0.25) is 4.79 Å². The normalized spacial score (nSPS) is 15.7. The predicted octanol–water partition coefficient (Wildman–Crippen LogP) is 4.41. The lowest BCUT2D eigenvalue weighted by Gasteiger charge is -2.24. The van der Waals surface area contributed by atoms with Gasteiger partial charge < -0.3 is 14.8 Å². The third-order valence-corrected chi connectivity index (χ3v) is 5.00. The molecule has 1 amide bonds. The van der Waals surface area contributed by atoms with Crippen molar-refractivity contribution >= 4 is 23.3 Å². The van der Waals surface area contributed by atoms with Gasteiger partial charge in [-0.15, -0.1) is 0 Å². The third kappa shape index (κ3) is 3.31. The van der Waals surface area contributed by atoms with E-state index in [1.165, 1.54) is 0 Å². The molecule has 1 aromatic heterocycles. The van der Waals surface area contributed by atoms with Crippen molar-refractivity contribution in [1.82, 2.24) is 9.78 Å². The Balaban J connectivity index is 1.77. The number of aromatic nitrogens is 2. The highest BCUT2D eigenvalue weighted by molar-refractivity contribution is 6.30. The van der Waals surface area contributed by atoms with E-state index in [-0.39, 0.29) is 11.8 Å². The number of rotatable bonds is 5. The maximum atomic E-state index is 12.4. The number of benzene rings is 2. The van der Waals surface area contributed by atoms with Gasteiger partial charge in [-0.2, -0.15) is 5.10 Å². The van der Waals surface area contributed by atoms with Crippen molar-refractivity contribution in [2.24, 2.45) is 0 Å². The third-order valence-electron chi connectivity index (χ3n) is 4.76. The van der Waals surface area contributed by atoms with Crippen LogP contribution in [0.1, 0.15) is 30.4 Å². The van der Waals surface area contributed by atoms with Crippen LogP contribution in [0.5, 0.6) is 11.5 Å². The molecule has 0 aliphatic carbocycles. The topological polar surface area (TPSA) is 65.4 Å². The van der Waals surface area contributed by atoms with Gasteiger partial charge in [-0.25, -0.2) is 4.68 Å². The molecule has 0 saturated heterocycles. The number of halogens is 1. The Bertz CT molecular complexity index is 1030. The van der Waals surface area contributed by atoms with E-state index in [0.29, 0.717) is 35.4 Å². The fraction of sp³-hybridized carbons (Fsp3) is 0.238. The van der Waals surface area contributed by atoms with Crippen molar-refractivity contribution in [3.05, 3.63) is 64.8 Å². The number of nitrogens with one attached hydrogen (secondary N) is 1. The molecule has 1 atom stereocenters. The minimum atomic E-state index is -0.124. The maximum Gasteiger partial charge on any atom is 0.226 e. The van der Waals surface area contributed by atoms with Crippen molar-refractivity contribution < 1.29 is 14.3 Å². The summed E-state index contributed by atoms with van der Waals surface area (Å²) < 4.78 is 12.8. The highest BCUT2D eigenvalue weighted by atomic mass is 35.5. The number of ether oxygens (including phenoxy) is 2. The summed E-state index contributed by atoms with van der Waals surface area (Å²) >= 11 is 6.12. The molecule has 0 radical (unpaired) electrons. The molecule has 4 rings (SSSR count). The number of methoxy groups -OCH3 is 1. The molecule has 0 saturated carbocycles.